The number of Topliss-reactive ketones (excluding diaryl/α,β-unsaturated/α-hetero) is 1. The Bertz CT molecular complexity index is 1080. The van der Waals surface area contributed by atoms with E-state index in [4.69, 9.17) is 0 Å². The second kappa shape index (κ2) is 7.00. The van der Waals surface area contributed by atoms with Gasteiger partial charge in [-0.15, -0.1) is 10.2 Å². The van der Waals surface area contributed by atoms with Gasteiger partial charge in [-0.3, -0.25) is 9.20 Å². The van der Waals surface area contributed by atoms with Crippen molar-refractivity contribution in [2.24, 2.45) is 0 Å². The quantitative estimate of drug-likeness (QED) is 0.357. The third-order valence-corrected chi connectivity index (χ3v) is 5.59. The number of hydrogen-bond donors (Lipinski definition) is 0. The predicted molar refractivity (Wildman–Crippen MR) is 96.5 cm³/mol. The Hall–Kier alpha value is -2.52. The highest BCUT2D eigenvalue weighted by molar-refractivity contribution is 7.99. The van der Waals surface area contributed by atoms with Crippen molar-refractivity contribution in [1.29, 1.82) is 0 Å². The fourth-order valence-electron chi connectivity index (χ4n) is 2.48. The van der Waals surface area contributed by atoms with Crippen LogP contribution in [0.1, 0.15) is 10.4 Å². The summed E-state index contributed by atoms with van der Waals surface area (Å²) in [5, 5.41) is 8.95. The van der Waals surface area contributed by atoms with E-state index in [0.29, 0.717) is 10.7 Å². The van der Waals surface area contributed by atoms with Gasteiger partial charge in [-0.25, -0.2) is 0 Å². The van der Waals surface area contributed by atoms with Crippen molar-refractivity contribution in [3.8, 4) is 5.75 Å². The van der Waals surface area contributed by atoms with Gasteiger partial charge in [0, 0.05) is 5.56 Å². The van der Waals surface area contributed by atoms with E-state index in [1.54, 1.807) is 0 Å². The van der Waals surface area contributed by atoms with E-state index in [1.807, 2.05) is 28.7 Å². The molecule has 2 heterocycles. The minimum absolute atomic E-state index is 0.0214. The van der Waals surface area contributed by atoms with E-state index in [-0.39, 0.29) is 17.3 Å². The van der Waals surface area contributed by atoms with Gasteiger partial charge in [0.1, 0.15) is 5.75 Å². The van der Waals surface area contributed by atoms with Crippen LogP contribution in [0.5, 0.6) is 5.75 Å². The first kappa shape index (κ1) is 16.9. The fourth-order valence-corrected chi connectivity index (χ4v) is 4.35. The summed E-state index contributed by atoms with van der Waals surface area (Å²) in [5.74, 6) is 0.0583. The molecule has 132 valence electrons. The Morgan fingerprint density at radius 1 is 1.15 bits per heavy atom. The molecule has 26 heavy (non-hydrogen) atoms. The second-order valence-corrected chi connectivity index (χ2v) is 7.24. The van der Waals surface area contributed by atoms with Crippen molar-refractivity contribution in [1.82, 2.24) is 14.6 Å². The molecule has 0 saturated carbocycles. The highest BCUT2D eigenvalue weighted by Gasteiger charge is 2.15. The van der Waals surface area contributed by atoms with Crippen molar-refractivity contribution < 1.29 is 18.3 Å². The van der Waals surface area contributed by atoms with E-state index in [2.05, 4.69) is 14.9 Å². The Morgan fingerprint density at radius 2 is 1.92 bits per heavy atom. The van der Waals surface area contributed by atoms with Crippen LogP contribution in [-0.2, 0) is 0 Å². The molecule has 4 aromatic rings. The Kier molecular flexibility index (Phi) is 4.56. The van der Waals surface area contributed by atoms with Crippen LogP contribution < -0.4 is 4.74 Å². The molecule has 2 aromatic heterocycles. The van der Waals surface area contributed by atoms with Crippen molar-refractivity contribution >= 4 is 44.1 Å². The molecule has 0 aliphatic rings. The van der Waals surface area contributed by atoms with Crippen molar-refractivity contribution in [3.05, 3.63) is 54.1 Å². The summed E-state index contributed by atoms with van der Waals surface area (Å²) in [5.41, 5.74) is 1.43. The number of halogens is 2. The second-order valence-electron chi connectivity index (χ2n) is 5.29. The summed E-state index contributed by atoms with van der Waals surface area (Å²) in [7, 11) is 0. The summed E-state index contributed by atoms with van der Waals surface area (Å²) in [6.45, 7) is -2.89. The normalized spacial score (nSPS) is 11.5. The maximum absolute atomic E-state index is 12.3. The largest absolute Gasteiger partial charge is 0.435 e. The number of ketones is 1. The van der Waals surface area contributed by atoms with Crippen molar-refractivity contribution in [2.75, 3.05) is 5.75 Å². The van der Waals surface area contributed by atoms with Crippen LogP contribution in [0.3, 0.4) is 0 Å². The number of carbonyl (C=O) groups is 1. The lowest BCUT2D eigenvalue weighted by Gasteiger charge is -2.05. The maximum Gasteiger partial charge on any atom is 0.387 e. The van der Waals surface area contributed by atoms with Crippen LogP contribution in [0.15, 0.2) is 53.7 Å². The highest BCUT2D eigenvalue weighted by Crippen LogP contribution is 2.29. The standard InChI is InChI=1S/C17H11F2N3O2S2/c18-15(19)24-11-7-5-10(6-8-11)13(23)9-25-16-20-21-17-22(16)12-3-1-2-4-14(12)26-17/h1-8,15H,9H2. The van der Waals surface area contributed by atoms with Gasteiger partial charge in [-0.05, 0) is 36.4 Å². The first-order valence-corrected chi connectivity index (χ1v) is 9.35. The van der Waals surface area contributed by atoms with Crippen LogP contribution in [0.4, 0.5) is 8.78 Å². The zero-order valence-corrected chi connectivity index (χ0v) is 14.8. The van der Waals surface area contributed by atoms with E-state index in [9.17, 15) is 13.6 Å². The molecule has 5 nitrogen and oxygen atoms in total. The number of aromatic nitrogens is 3. The minimum atomic E-state index is -2.89. The lowest BCUT2D eigenvalue weighted by atomic mass is 10.1. The fraction of sp³-hybridized carbons (Fsp3) is 0.118. The van der Waals surface area contributed by atoms with Gasteiger partial charge >= 0.3 is 6.61 Å². The number of thioether (sulfide) groups is 1. The van der Waals surface area contributed by atoms with E-state index in [0.717, 1.165) is 15.2 Å². The molecular weight excluding hydrogens is 380 g/mol. The molecule has 0 aliphatic carbocycles. The number of nitrogens with zero attached hydrogens (tertiary/aromatic N) is 3. The number of ether oxygens (including phenoxy) is 1. The van der Waals surface area contributed by atoms with Gasteiger partial charge in [0.2, 0.25) is 4.96 Å². The number of fused-ring (bicyclic) bond motifs is 3. The van der Waals surface area contributed by atoms with E-state index >= 15 is 0 Å². The number of carbonyl (C=O) groups excluding carboxylic acids is 1. The zero-order chi connectivity index (χ0) is 18.1. The molecule has 0 radical (unpaired) electrons. The van der Waals surface area contributed by atoms with E-state index in [1.165, 1.54) is 47.4 Å². The van der Waals surface area contributed by atoms with Gasteiger partial charge in [-0.1, -0.05) is 35.2 Å². The van der Waals surface area contributed by atoms with Gasteiger partial charge in [-0.2, -0.15) is 8.78 Å². The number of alkyl halides is 2. The topological polar surface area (TPSA) is 56.5 Å². The van der Waals surface area contributed by atoms with Gasteiger partial charge < -0.3 is 4.74 Å². The number of benzene rings is 2. The molecule has 4 rings (SSSR count). The van der Waals surface area contributed by atoms with Crippen LogP contribution >= 0.6 is 23.1 Å². The molecule has 0 bridgehead atoms. The van der Waals surface area contributed by atoms with Crippen LogP contribution in [0.25, 0.3) is 15.2 Å². The van der Waals surface area contributed by atoms with Crippen molar-refractivity contribution in [2.45, 2.75) is 11.8 Å². The third kappa shape index (κ3) is 3.27. The first-order chi connectivity index (χ1) is 12.6. The van der Waals surface area contributed by atoms with Crippen LogP contribution in [-0.4, -0.2) is 32.7 Å². The number of rotatable bonds is 6. The van der Waals surface area contributed by atoms with E-state index < -0.39 is 6.61 Å². The Balaban J connectivity index is 1.50. The zero-order valence-electron chi connectivity index (χ0n) is 13.1. The highest BCUT2D eigenvalue weighted by atomic mass is 32.2. The molecule has 0 N–H and O–H groups in total. The summed E-state index contributed by atoms with van der Waals surface area (Å²) < 4.78 is 31.6. The molecule has 0 aliphatic heterocycles. The van der Waals surface area contributed by atoms with Crippen molar-refractivity contribution in [3.63, 3.8) is 0 Å². The maximum atomic E-state index is 12.3. The first-order valence-electron chi connectivity index (χ1n) is 7.55. The predicted octanol–water partition coefficient (Wildman–Crippen LogP) is 4.52. The minimum Gasteiger partial charge on any atom is -0.435 e. The number of thiazole rings is 1. The van der Waals surface area contributed by atoms with Crippen LogP contribution in [0.2, 0.25) is 0 Å². The van der Waals surface area contributed by atoms with Gasteiger partial charge in [0.25, 0.3) is 0 Å². The lowest BCUT2D eigenvalue weighted by Crippen LogP contribution is -2.05. The number of hydrogen-bond acceptors (Lipinski definition) is 6. The lowest BCUT2D eigenvalue weighted by molar-refractivity contribution is -0.0498. The Labute approximate surface area is 154 Å². The smallest absolute Gasteiger partial charge is 0.387 e. The molecule has 0 saturated heterocycles. The molecular formula is C17H11F2N3O2S2. The SMILES string of the molecule is O=C(CSc1nnc2sc3ccccc3n12)c1ccc(OC(F)F)cc1. The molecule has 0 amide bonds. The summed E-state index contributed by atoms with van der Waals surface area (Å²) in [6, 6.07) is 13.5. The number of para-hydroxylation sites is 1. The van der Waals surface area contributed by atoms with Gasteiger partial charge in [0.15, 0.2) is 10.9 Å². The monoisotopic (exact) mass is 391 g/mol. The molecule has 0 fully saturated rings. The summed E-state index contributed by atoms with van der Waals surface area (Å²) in [6.07, 6.45) is 0. The molecule has 0 atom stereocenters. The van der Waals surface area contributed by atoms with Gasteiger partial charge in [0.05, 0.1) is 16.0 Å². The average Bonchev–Trinajstić information content (AvgIpc) is 3.19. The summed E-state index contributed by atoms with van der Waals surface area (Å²) >= 11 is 2.82. The average molecular weight is 391 g/mol. The molecule has 0 spiro atoms. The molecule has 9 heteroatoms. The summed E-state index contributed by atoms with van der Waals surface area (Å²) in [4.78, 5) is 13.1. The van der Waals surface area contributed by atoms with Crippen LogP contribution in [0, 0.1) is 0 Å². The third-order valence-electron chi connectivity index (χ3n) is 3.64. The Morgan fingerprint density at radius 3 is 2.69 bits per heavy atom. The molecule has 2 aromatic carbocycles. The molecule has 0 unspecified atom stereocenters.